The number of nitrogens with zero attached hydrogens (tertiary/aromatic N) is 2. The van der Waals surface area contributed by atoms with Crippen LogP contribution in [0.5, 0.6) is 11.5 Å². The molecule has 0 aliphatic rings. The normalized spacial score (nSPS) is 10.9. The molecule has 0 amide bonds. The summed E-state index contributed by atoms with van der Waals surface area (Å²) in [5, 5.41) is 1.20. The zero-order valence-electron chi connectivity index (χ0n) is 16.2. The summed E-state index contributed by atoms with van der Waals surface area (Å²) < 4.78 is 13.8. The van der Waals surface area contributed by atoms with Crippen molar-refractivity contribution in [3.63, 3.8) is 0 Å². The molecule has 0 aliphatic carbocycles. The molecule has 0 aliphatic heterocycles. The molecule has 30 heavy (non-hydrogen) atoms. The van der Waals surface area contributed by atoms with Crippen molar-refractivity contribution in [1.29, 1.82) is 0 Å². The van der Waals surface area contributed by atoms with Gasteiger partial charge >= 0.3 is 0 Å². The van der Waals surface area contributed by atoms with Crippen LogP contribution in [0.3, 0.4) is 0 Å². The van der Waals surface area contributed by atoms with E-state index in [-0.39, 0.29) is 5.56 Å². The Labute approximate surface area is 186 Å². The van der Waals surface area contributed by atoms with E-state index in [1.54, 1.807) is 17.7 Å². The zero-order chi connectivity index (χ0) is 20.9. The zero-order valence-corrected chi connectivity index (χ0v) is 18.7. The molecule has 1 aromatic heterocycles. The Bertz CT molecular complexity index is 1230. The molecule has 152 valence electrons. The van der Waals surface area contributed by atoms with Crippen LogP contribution in [0.25, 0.3) is 16.6 Å². The minimum atomic E-state index is -0.106. The molecule has 4 aromatic rings. The first-order chi connectivity index (χ1) is 14.7. The van der Waals surface area contributed by atoms with Gasteiger partial charge in [-0.15, -0.1) is 0 Å². The summed E-state index contributed by atoms with van der Waals surface area (Å²) in [6.07, 6.45) is 0. The minimum absolute atomic E-state index is 0.106. The summed E-state index contributed by atoms with van der Waals surface area (Å²) in [5.74, 6) is 2.13. The van der Waals surface area contributed by atoms with Crippen LogP contribution in [-0.4, -0.2) is 29.0 Å². The van der Waals surface area contributed by atoms with E-state index in [0.717, 1.165) is 10.2 Å². The molecular weight excluding hydrogens is 464 g/mol. The fourth-order valence-electron chi connectivity index (χ4n) is 3.01. The molecule has 3 aromatic carbocycles. The molecule has 4 rings (SSSR count). The van der Waals surface area contributed by atoms with Crippen LogP contribution >= 0.6 is 27.7 Å². The van der Waals surface area contributed by atoms with Crippen molar-refractivity contribution < 1.29 is 9.47 Å². The van der Waals surface area contributed by atoms with E-state index in [2.05, 4.69) is 15.9 Å². The summed E-state index contributed by atoms with van der Waals surface area (Å²) in [4.78, 5) is 18.0. The molecule has 0 N–H and O–H groups in total. The van der Waals surface area contributed by atoms with Gasteiger partial charge in [-0.2, -0.15) is 0 Å². The number of methoxy groups -OCH3 is 1. The number of para-hydroxylation sites is 1. The molecule has 0 unspecified atom stereocenters. The molecule has 0 spiro atoms. The van der Waals surface area contributed by atoms with Gasteiger partial charge in [-0.25, -0.2) is 4.98 Å². The third-order valence-corrected chi connectivity index (χ3v) is 5.88. The predicted molar refractivity (Wildman–Crippen MR) is 124 cm³/mol. The Morgan fingerprint density at radius 2 is 1.80 bits per heavy atom. The van der Waals surface area contributed by atoms with Crippen molar-refractivity contribution in [3.8, 4) is 17.2 Å². The highest BCUT2D eigenvalue weighted by Gasteiger charge is 2.14. The quantitative estimate of drug-likeness (QED) is 0.202. The molecule has 0 bridgehead atoms. The second-order valence-corrected chi connectivity index (χ2v) is 8.38. The Morgan fingerprint density at radius 1 is 1.00 bits per heavy atom. The van der Waals surface area contributed by atoms with Crippen LogP contribution in [0.15, 0.2) is 87.2 Å². The number of ether oxygens (including phenoxy) is 2. The van der Waals surface area contributed by atoms with Crippen LogP contribution in [0.4, 0.5) is 0 Å². The monoisotopic (exact) mass is 482 g/mol. The number of rotatable bonds is 7. The summed E-state index contributed by atoms with van der Waals surface area (Å²) in [6, 6.07) is 22.5. The topological polar surface area (TPSA) is 53.4 Å². The standard InChI is InChI=1S/C23H19BrN2O3S/c1-28-19-6-4-5-17(15-19)26-22(27)20-7-2-3-8-21(20)25-23(26)30-14-13-29-18-11-9-16(24)10-12-18/h2-12,15H,13-14H2,1H3. The van der Waals surface area contributed by atoms with Crippen LogP contribution in [0.1, 0.15) is 0 Å². The van der Waals surface area contributed by atoms with Crippen molar-refractivity contribution in [2.24, 2.45) is 0 Å². The highest BCUT2D eigenvalue weighted by molar-refractivity contribution is 9.10. The van der Waals surface area contributed by atoms with Crippen molar-refractivity contribution in [2.45, 2.75) is 5.16 Å². The number of aromatic nitrogens is 2. The highest BCUT2D eigenvalue weighted by Crippen LogP contribution is 2.24. The summed E-state index contributed by atoms with van der Waals surface area (Å²) in [5.41, 5.74) is 1.29. The van der Waals surface area contributed by atoms with E-state index in [1.807, 2.05) is 66.7 Å². The smallest absolute Gasteiger partial charge is 0.266 e. The van der Waals surface area contributed by atoms with Gasteiger partial charge in [0.2, 0.25) is 0 Å². The van der Waals surface area contributed by atoms with Gasteiger partial charge in [0.1, 0.15) is 11.5 Å². The molecule has 0 atom stereocenters. The highest BCUT2D eigenvalue weighted by atomic mass is 79.9. The lowest BCUT2D eigenvalue weighted by Gasteiger charge is -2.14. The van der Waals surface area contributed by atoms with E-state index in [0.29, 0.717) is 39.9 Å². The lowest BCUT2D eigenvalue weighted by Crippen LogP contribution is -2.22. The Morgan fingerprint density at radius 3 is 2.60 bits per heavy atom. The van der Waals surface area contributed by atoms with Crippen molar-refractivity contribution in [3.05, 3.63) is 87.6 Å². The maximum Gasteiger partial charge on any atom is 0.266 e. The SMILES string of the molecule is COc1cccc(-n2c(SCCOc3ccc(Br)cc3)nc3ccccc3c2=O)c1. The van der Waals surface area contributed by atoms with E-state index in [9.17, 15) is 4.79 Å². The Kier molecular flexibility index (Phi) is 6.40. The molecule has 1 heterocycles. The summed E-state index contributed by atoms with van der Waals surface area (Å²) in [6.45, 7) is 0.493. The summed E-state index contributed by atoms with van der Waals surface area (Å²) in [7, 11) is 1.61. The lowest BCUT2D eigenvalue weighted by molar-refractivity contribution is 0.344. The average molecular weight is 483 g/mol. The minimum Gasteiger partial charge on any atom is -0.497 e. The van der Waals surface area contributed by atoms with Gasteiger partial charge < -0.3 is 9.47 Å². The van der Waals surface area contributed by atoms with Gasteiger partial charge in [-0.1, -0.05) is 45.9 Å². The third kappa shape index (κ3) is 4.52. The number of hydrogen-bond acceptors (Lipinski definition) is 5. The lowest BCUT2D eigenvalue weighted by atomic mass is 10.2. The Balaban J connectivity index is 1.63. The fraction of sp³-hybridized carbons (Fsp3) is 0.130. The van der Waals surface area contributed by atoms with Crippen LogP contribution in [0.2, 0.25) is 0 Å². The molecule has 5 nitrogen and oxygen atoms in total. The van der Waals surface area contributed by atoms with Crippen LogP contribution in [-0.2, 0) is 0 Å². The fourth-order valence-corrected chi connectivity index (χ4v) is 4.10. The number of thioether (sulfide) groups is 1. The summed E-state index contributed by atoms with van der Waals surface area (Å²) >= 11 is 4.90. The average Bonchev–Trinajstić information content (AvgIpc) is 2.78. The molecule has 0 saturated carbocycles. The van der Waals surface area contributed by atoms with Gasteiger partial charge in [0.15, 0.2) is 5.16 Å². The number of benzene rings is 3. The van der Waals surface area contributed by atoms with E-state index in [4.69, 9.17) is 14.5 Å². The van der Waals surface area contributed by atoms with Crippen LogP contribution in [0, 0.1) is 0 Å². The first kappa shape index (κ1) is 20.5. The largest absolute Gasteiger partial charge is 0.497 e. The first-order valence-corrected chi connectivity index (χ1v) is 11.1. The maximum atomic E-state index is 13.3. The molecule has 0 saturated heterocycles. The van der Waals surface area contributed by atoms with Gasteiger partial charge in [-0.05, 0) is 48.5 Å². The van der Waals surface area contributed by atoms with Crippen molar-refractivity contribution >= 4 is 38.6 Å². The Hall–Kier alpha value is -2.77. The second kappa shape index (κ2) is 9.36. The molecular formula is C23H19BrN2O3S. The molecule has 0 fully saturated rings. The predicted octanol–water partition coefficient (Wildman–Crippen LogP) is 5.33. The van der Waals surface area contributed by atoms with Gasteiger partial charge in [0.25, 0.3) is 5.56 Å². The van der Waals surface area contributed by atoms with Gasteiger partial charge in [-0.3, -0.25) is 9.36 Å². The first-order valence-electron chi connectivity index (χ1n) is 9.33. The molecule has 0 radical (unpaired) electrons. The van der Waals surface area contributed by atoms with Gasteiger partial charge in [0, 0.05) is 16.3 Å². The molecule has 7 heteroatoms. The van der Waals surface area contributed by atoms with E-state index in [1.165, 1.54) is 11.8 Å². The second-order valence-electron chi connectivity index (χ2n) is 6.40. The van der Waals surface area contributed by atoms with Gasteiger partial charge in [0.05, 0.1) is 30.3 Å². The van der Waals surface area contributed by atoms with E-state index < -0.39 is 0 Å². The number of fused-ring (bicyclic) bond motifs is 1. The van der Waals surface area contributed by atoms with Crippen molar-refractivity contribution in [2.75, 3.05) is 19.5 Å². The third-order valence-electron chi connectivity index (χ3n) is 4.45. The van der Waals surface area contributed by atoms with E-state index >= 15 is 0 Å². The number of halogens is 1. The maximum absolute atomic E-state index is 13.3. The van der Waals surface area contributed by atoms with Crippen LogP contribution < -0.4 is 15.0 Å². The number of hydrogen-bond donors (Lipinski definition) is 0. The van der Waals surface area contributed by atoms with Crippen molar-refractivity contribution in [1.82, 2.24) is 9.55 Å².